The van der Waals surface area contributed by atoms with Crippen molar-refractivity contribution >= 4 is 29.3 Å². The second-order valence-electron chi connectivity index (χ2n) is 5.81. The van der Waals surface area contributed by atoms with E-state index in [9.17, 15) is 19.7 Å². The van der Waals surface area contributed by atoms with Gasteiger partial charge in [0.05, 0.1) is 11.0 Å². The molecule has 1 aromatic rings. The maximum Gasteiger partial charge on any atom is 0.269 e. The monoisotopic (exact) mass is 366 g/mol. The van der Waals surface area contributed by atoms with E-state index in [2.05, 4.69) is 0 Å². The summed E-state index contributed by atoms with van der Waals surface area (Å²) in [5.74, 6) is 0.580. The van der Waals surface area contributed by atoms with Crippen molar-refractivity contribution in [3.05, 3.63) is 39.9 Å². The molecule has 1 fully saturated rings. The number of nitrogens with two attached hydrogens (primary N) is 1. The van der Waals surface area contributed by atoms with Crippen molar-refractivity contribution in [2.24, 2.45) is 5.73 Å². The van der Waals surface area contributed by atoms with E-state index < -0.39 is 11.0 Å². The van der Waals surface area contributed by atoms with Gasteiger partial charge in [0.15, 0.2) is 0 Å². The molecule has 0 aromatic heterocycles. The Hall–Kier alpha value is -2.13. The number of nitro benzene ring substituents is 1. The van der Waals surface area contributed by atoms with Gasteiger partial charge in [-0.25, -0.2) is 0 Å². The van der Waals surface area contributed by atoms with E-state index in [1.165, 1.54) is 24.3 Å². The maximum absolute atomic E-state index is 12.5. The molecule has 1 aliphatic heterocycles. The first-order valence-electron chi connectivity index (χ1n) is 8.01. The SMILES string of the molecule is CSCC[C@H](N)C(=O)N1CCN(C(=O)c2ccc([N+](=O)[O-])cc2)CC1. The standard InChI is InChI=1S/C16H22N4O4S/c1-25-11-6-14(17)16(22)19-9-7-18(8-10-19)15(21)12-2-4-13(5-3-12)20(23)24/h2-5,14H,6-11,17H2,1H3/t14-/m0/s1. The Kier molecular flexibility index (Phi) is 6.77. The summed E-state index contributed by atoms with van der Waals surface area (Å²) in [6, 6.07) is 5.05. The third-order valence-corrected chi connectivity index (χ3v) is 4.80. The fraction of sp³-hybridized carbons (Fsp3) is 0.500. The first kappa shape index (κ1) is 19.2. The van der Waals surface area contributed by atoms with Crippen molar-refractivity contribution in [3.63, 3.8) is 0 Å². The molecule has 1 atom stereocenters. The zero-order chi connectivity index (χ0) is 18.4. The number of non-ortho nitro benzene ring substituents is 1. The lowest BCUT2D eigenvalue weighted by Crippen LogP contribution is -2.54. The van der Waals surface area contributed by atoms with Crippen molar-refractivity contribution in [1.29, 1.82) is 0 Å². The molecule has 2 rings (SSSR count). The van der Waals surface area contributed by atoms with Crippen LogP contribution in [0.4, 0.5) is 5.69 Å². The summed E-state index contributed by atoms with van der Waals surface area (Å²) in [6.07, 6.45) is 2.61. The fourth-order valence-corrected chi connectivity index (χ4v) is 3.13. The van der Waals surface area contributed by atoms with E-state index in [1.807, 2.05) is 6.26 Å². The molecule has 0 bridgehead atoms. The van der Waals surface area contributed by atoms with E-state index in [4.69, 9.17) is 5.73 Å². The Bertz CT molecular complexity index is 630. The molecule has 2 amide bonds. The van der Waals surface area contributed by atoms with Gasteiger partial charge in [0.25, 0.3) is 11.6 Å². The number of carbonyl (C=O) groups is 2. The Morgan fingerprint density at radius 2 is 1.76 bits per heavy atom. The number of rotatable bonds is 6. The summed E-state index contributed by atoms with van der Waals surface area (Å²) in [4.78, 5) is 38.2. The summed E-state index contributed by atoms with van der Waals surface area (Å²) in [5, 5.41) is 10.7. The summed E-state index contributed by atoms with van der Waals surface area (Å²) in [5.41, 5.74) is 6.27. The lowest BCUT2D eigenvalue weighted by Gasteiger charge is -2.36. The molecule has 0 spiro atoms. The molecule has 0 aliphatic carbocycles. The van der Waals surface area contributed by atoms with Crippen LogP contribution in [0.3, 0.4) is 0 Å². The minimum Gasteiger partial charge on any atom is -0.338 e. The van der Waals surface area contributed by atoms with Gasteiger partial charge in [-0.15, -0.1) is 0 Å². The van der Waals surface area contributed by atoms with Gasteiger partial charge in [0.1, 0.15) is 0 Å². The molecule has 2 N–H and O–H groups in total. The van der Waals surface area contributed by atoms with Crippen LogP contribution in [0.25, 0.3) is 0 Å². The molecule has 1 heterocycles. The zero-order valence-electron chi connectivity index (χ0n) is 14.1. The van der Waals surface area contributed by atoms with E-state index in [0.717, 1.165) is 5.75 Å². The van der Waals surface area contributed by atoms with Crippen LogP contribution in [-0.2, 0) is 4.79 Å². The first-order chi connectivity index (χ1) is 11.9. The van der Waals surface area contributed by atoms with Gasteiger partial charge in [-0.2, -0.15) is 11.8 Å². The number of thioether (sulfide) groups is 1. The van der Waals surface area contributed by atoms with Gasteiger partial charge >= 0.3 is 0 Å². The maximum atomic E-state index is 12.5. The average Bonchev–Trinajstić information content (AvgIpc) is 2.65. The lowest BCUT2D eigenvalue weighted by atomic mass is 10.1. The number of benzene rings is 1. The molecular formula is C16H22N4O4S. The van der Waals surface area contributed by atoms with Gasteiger partial charge in [0.2, 0.25) is 5.91 Å². The molecule has 1 saturated heterocycles. The molecule has 1 aromatic carbocycles. The minimum absolute atomic E-state index is 0.0498. The highest BCUT2D eigenvalue weighted by atomic mass is 32.2. The van der Waals surface area contributed by atoms with Crippen LogP contribution in [0.15, 0.2) is 24.3 Å². The van der Waals surface area contributed by atoms with Crippen LogP contribution in [0, 0.1) is 10.1 Å². The van der Waals surface area contributed by atoms with Crippen molar-refractivity contribution in [2.45, 2.75) is 12.5 Å². The van der Waals surface area contributed by atoms with E-state index in [0.29, 0.717) is 38.2 Å². The Labute approximate surface area is 150 Å². The lowest BCUT2D eigenvalue weighted by molar-refractivity contribution is -0.384. The molecule has 9 heteroatoms. The van der Waals surface area contributed by atoms with Crippen molar-refractivity contribution in [3.8, 4) is 0 Å². The number of hydrogen-bond donors (Lipinski definition) is 1. The number of hydrogen-bond acceptors (Lipinski definition) is 6. The van der Waals surface area contributed by atoms with Crippen LogP contribution in [-0.4, -0.2) is 70.8 Å². The van der Waals surface area contributed by atoms with Crippen molar-refractivity contribution in [1.82, 2.24) is 9.80 Å². The molecule has 0 unspecified atom stereocenters. The summed E-state index contributed by atoms with van der Waals surface area (Å²) < 4.78 is 0. The molecule has 0 radical (unpaired) electrons. The highest BCUT2D eigenvalue weighted by Gasteiger charge is 2.27. The van der Waals surface area contributed by atoms with E-state index >= 15 is 0 Å². The predicted molar refractivity (Wildman–Crippen MR) is 96.6 cm³/mol. The Morgan fingerprint density at radius 3 is 2.28 bits per heavy atom. The third kappa shape index (κ3) is 4.93. The number of nitro groups is 1. The highest BCUT2D eigenvalue weighted by Crippen LogP contribution is 2.15. The summed E-state index contributed by atoms with van der Waals surface area (Å²) >= 11 is 1.65. The number of nitrogens with zero attached hydrogens (tertiary/aromatic N) is 3. The molecule has 1 aliphatic rings. The molecule has 25 heavy (non-hydrogen) atoms. The quantitative estimate of drug-likeness (QED) is 0.593. The predicted octanol–water partition coefficient (Wildman–Crippen LogP) is 0.960. The largest absolute Gasteiger partial charge is 0.338 e. The van der Waals surface area contributed by atoms with Gasteiger partial charge in [-0.1, -0.05) is 0 Å². The van der Waals surface area contributed by atoms with E-state index in [-0.39, 0.29) is 17.5 Å². The van der Waals surface area contributed by atoms with Crippen LogP contribution in [0.5, 0.6) is 0 Å². The van der Waals surface area contributed by atoms with Gasteiger partial charge in [-0.3, -0.25) is 19.7 Å². The second kappa shape index (κ2) is 8.82. The normalized spacial score (nSPS) is 15.8. The Morgan fingerprint density at radius 1 is 1.20 bits per heavy atom. The fourth-order valence-electron chi connectivity index (χ4n) is 2.64. The van der Waals surface area contributed by atoms with Crippen LogP contribution >= 0.6 is 11.8 Å². The number of amides is 2. The molecule has 136 valence electrons. The molecular weight excluding hydrogens is 344 g/mol. The third-order valence-electron chi connectivity index (χ3n) is 4.15. The smallest absolute Gasteiger partial charge is 0.269 e. The van der Waals surface area contributed by atoms with Gasteiger partial charge < -0.3 is 15.5 Å². The van der Waals surface area contributed by atoms with Crippen molar-refractivity contribution in [2.75, 3.05) is 38.2 Å². The Balaban J connectivity index is 1.89. The number of piperazine rings is 1. The number of carbonyl (C=O) groups excluding carboxylic acids is 2. The van der Waals surface area contributed by atoms with Gasteiger partial charge in [0, 0.05) is 43.9 Å². The minimum atomic E-state index is -0.501. The van der Waals surface area contributed by atoms with Crippen LogP contribution in [0.2, 0.25) is 0 Å². The van der Waals surface area contributed by atoms with E-state index in [1.54, 1.807) is 21.6 Å². The topological polar surface area (TPSA) is 110 Å². The molecule has 0 saturated carbocycles. The first-order valence-corrected chi connectivity index (χ1v) is 9.40. The highest BCUT2D eigenvalue weighted by molar-refractivity contribution is 7.98. The second-order valence-corrected chi connectivity index (χ2v) is 6.80. The zero-order valence-corrected chi connectivity index (χ0v) is 14.9. The van der Waals surface area contributed by atoms with Crippen LogP contribution in [0.1, 0.15) is 16.8 Å². The summed E-state index contributed by atoms with van der Waals surface area (Å²) in [7, 11) is 0. The average molecular weight is 366 g/mol. The molecule has 8 nitrogen and oxygen atoms in total. The van der Waals surface area contributed by atoms with Gasteiger partial charge in [-0.05, 0) is 30.6 Å². The summed E-state index contributed by atoms with van der Waals surface area (Å²) in [6.45, 7) is 1.75. The van der Waals surface area contributed by atoms with Crippen molar-refractivity contribution < 1.29 is 14.5 Å². The van der Waals surface area contributed by atoms with Crippen LogP contribution < -0.4 is 5.73 Å².